The van der Waals surface area contributed by atoms with Crippen molar-refractivity contribution in [3.05, 3.63) is 35.7 Å². The maximum absolute atomic E-state index is 4.16. The van der Waals surface area contributed by atoms with E-state index in [1.54, 1.807) is 6.20 Å². The molecule has 2 heteroatoms. The topological polar surface area (TPSA) is 25.2 Å². The van der Waals surface area contributed by atoms with Gasteiger partial charge in [-0.3, -0.25) is 9.98 Å². The number of hydrogen-bond donors (Lipinski definition) is 0. The predicted molar refractivity (Wildman–Crippen MR) is 45.6 cm³/mol. The van der Waals surface area contributed by atoms with Crippen molar-refractivity contribution >= 4 is 11.9 Å². The van der Waals surface area contributed by atoms with Gasteiger partial charge in [-0.15, -0.1) is 0 Å². The predicted octanol–water partition coefficient (Wildman–Crippen LogP) is 1.79. The number of hydrogen-bond acceptors (Lipinski definition) is 2. The van der Waals surface area contributed by atoms with Crippen molar-refractivity contribution in [1.29, 1.82) is 0 Å². The first-order chi connectivity index (χ1) is 5.29. The lowest BCUT2D eigenvalue weighted by atomic mass is 10.1. The minimum Gasteiger partial charge on any atom is -0.261 e. The lowest BCUT2D eigenvalue weighted by molar-refractivity contribution is 1.18. The van der Waals surface area contributed by atoms with Gasteiger partial charge in [0.2, 0.25) is 0 Å². The molecule has 0 fully saturated rings. The fourth-order valence-electron chi connectivity index (χ4n) is 1.28. The molecule has 54 valence electrons. The summed E-state index contributed by atoms with van der Waals surface area (Å²) < 4.78 is 0. The Hall–Kier alpha value is -1.44. The Bertz CT molecular complexity index is 351. The minimum atomic E-state index is 0.825. The molecule has 2 heterocycles. The molecule has 0 radical (unpaired) electrons. The second kappa shape index (κ2) is 2.02. The molecule has 0 atom stereocenters. The fourth-order valence-corrected chi connectivity index (χ4v) is 1.28. The van der Waals surface area contributed by atoms with Gasteiger partial charge in [-0.2, -0.15) is 0 Å². The van der Waals surface area contributed by atoms with Crippen molar-refractivity contribution in [2.45, 2.75) is 6.92 Å². The molecule has 0 aliphatic carbocycles. The largest absolute Gasteiger partial charge is 0.261 e. The summed E-state index contributed by atoms with van der Waals surface area (Å²) in [6, 6.07) is 1.95. The van der Waals surface area contributed by atoms with Crippen LogP contribution in [0.25, 0.3) is 5.70 Å². The summed E-state index contributed by atoms with van der Waals surface area (Å²) in [5.41, 5.74) is 4.05. The van der Waals surface area contributed by atoms with Crippen LogP contribution >= 0.6 is 0 Å². The third-order valence-electron chi connectivity index (χ3n) is 1.82. The summed E-state index contributed by atoms with van der Waals surface area (Å²) in [4.78, 5) is 8.27. The van der Waals surface area contributed by atoms with Crippen molar-refractivity contribution in [1.82, 2.24) is 4.98 Å². The van der Waals surface area contributed by atoms with Crippen LogP contribution in [-0.4, -0.2) is 11.2 Å². The van der Waals surface area contributed by atoms with Crippen LogP contribution in [0.5, 0.6) is 0 Å². The maximum Gasteiger partial charge on any atom is 0.0655 e. The van der Waals surface area contributed by atoms with E-state index in [4.69, 9.17) is 0 Å². The van der Waals surface area contributed by atoms with Crippen LogP contribution in [-0.2, 0) is 0 Å². The Morgan fingerprint density at radius 2 is 2.27 bits per heavy atom. The Kier molecular flexibility index (Phi) is 1.15. The third kappa shape index (κ3) is 0.792. The summed E-state index contributed by atoms with van der Waals surface area (Å²) in [6.45, 7) is 5.79. The van der Waals surface area contributed by atoms with Crippen LogP contribution in [0.15, 0.2) is 23.8 Å². The van der Waals surface area contributed by atoms with Gasteiger partial charge in [0.1, 0.15) is 0 Å². The molecule has 1 aromatic rings. The first-order valence-electron chi connectivity index (χ1n) is 3.48. The number of aryl methyl sites for hydroxylation is 1. The number of aromatic nitrogens is 1. The van der Waals surface area contributed by atoms with Crippen LogP contribution in [0.4, 0.5) is 0 Å². The lowest BCUT2D eigenvalue weighted by Crippen LogP contribution is -1.90. The van der Waals surface area contributed by atoms with Gasteiger partial charge in [-0.25, -0.2) is 0 Å². The van der Waals surface area contributed by atoms with Crippen molar-refractivity contribution in [3.63, 3.8) is 0 Å². The first kappa shape index (κ1) is 6.28. The second-order valence-electron chi connectivity index (χ2n) is 2.57. The standard InChI is InChI=1S/C9H8N2/c1-6-9-7(2)11-5-8(9)3-4-10-6/h3-5H,2H2,1H3. The van der Waals surface area contributed by atoms with E-state index in [0.29, 0.717) is 0 Å². The van der Waals surface area contributed by atoms with Crippen molar-refractivity contribution < 1.29 is 0 Å². The Balaban J connectivity index is 2.74. The summed E-state index contributed by atoms with van der Waals surface area (Å²) >= 11 is 0. The minimum absolute atomic E-state index is 0.825. The van der Waals surface area contributed by atoms with E-state index in [2.05, 4.69) is 16.6 Å². The highest BCUT2D eigenvalue weighted by molar-refractivity contribution is 5.97. The number of fused-ring (bicyclic) bond motifs is 1. The average molecular weight is 144 g/mol. The SMILES string of the molecule is C=C1N=Cc2ccnc(C)c21. The zero-order valence-corrected chi connectivity index (χ0v) is 6.33. The molecule has 1 aromatic heterocycles. The number of nitrogens with zero attached hydrogens (tertiary/aromatic N) is 2. The highest BCUT2D eigenvalue weighted by atomic mass is 14.8. The smallest absolute Gasteiger partial charge is 0.0655 e. The molecule has 2 nitrogen and oxygen atoms in total. The maximum atomic E-state index is 4.16. The molecule has 0 spiro atoms. The Morgan fingerprint density at radius 3 is 3.00 bits per heavy atom. The Morgan fingerprint density at radius 1 is 1.45 bits per heavy atom. The van der Waals surface area contributed by atoms with Gasteiger partial charge in [0, 0.05) is 29.2 Å². The molecule has 11 heavy (non-hydrogen) atoms. The monoisotopic (exact) mass is 144 g/mol. The number of aliphatic imine (C=N–C) groups is 1. The molecule has 0 N–H and O–H groups in total. The van der Waals surface area contributed by atoms with Crippen LogP contribution < -0.4 is 0 Å². The van der Waals surface area contributed by atoms with E-state index in [-0.39, 0.29) is 0 Å². The molecule has 0 saturated carbocycles. The highest BCUT2D eigenvalue weighted by Gasteiger charge is 2.12. The lowest BCUT2D eigenvalue weighted by Gasteiger charge is -2.00. The van der Waals surface area contributed by atoms with E-state index in [1.165, 1.54) is 0 Å². The number of rotatable bonds is 0. The Labute approximate surface area is 65.3 Å². The summed E-state index contributed by atoms with van der Waals surface area (Å²) in [7, 11) is 0. The quantitative estimate of drug-likeness (QED) is 0.545. The third-order valence-corrected chi connectivity index (χ3v) is 1.82. The fraction of sp³-hybridized carbons (Fsp3) is 0.111. The van der Waals surface area contributed by atoms with Gasteiger partial charge >= 0.3 is 0 Å². The summed E-state index contributed by atoms with van der Waals surface area (Å²) in [5.74, 6) is 0. The first-order valence-corrected chi connectivity index (χ1v) is 3.48. The van der Waals surface area contributed by atoms with E-state index in [9.17, 15) is 0 Å². The van der Waals surface area contributed by atoms with Gasteiger partial charge in [-0.1, -0.05) is 6.58 Å². The second-order valence-corrected chi connectivity index (χ2v) is 2.57. The molecule has 0 bridgehead atoms. The van der Waals surface area contributed by atoms with Gasteiger partial charge in [0.05, 0.1) is 5.70 Å². The van der Waals surface area contributed by atoms with Crippen molar-refractivity contribution in [2.75, 3.05) is 0 Å². The van der Waals surface area contributed by atoms with Crippen molar-refractivity contribution in [3.8, 4) is 0 Å². The van der Waals surface area contributed by atoms with Crippen molar-refractivity contribution in [2.24, 2.45) is 4.99 Å². The molecular weight excluding hydrogens is 136 g/mol. The summed E-state index contributed by atoms with van der Waals surface area (Å²) in [6.07, 6.45) is 3.62. The molecule has 1 aliphatic heterocycles. The molecule has 0 amide bonds. The molecule has 2 rings (SSSR count). The number of pyridine rings is 1. The van der Waals surface area contributed by atoms with E-state index in [1.807, 2.05) is 19.2 Å². The van der Waals surface area contributed by atoms with Gasteiger partial charge in [0.15, 0.2) is 0 Å². The van der Waals surface area contributed by atoms with E-state index in [0.717, 1.165) is 22.5 Å². The molecule has 1 aliphatic rings. The molecule has 0 aromatic carbocycles. The van der Waals surface area contributed by atoms with Crippen LogP contribution in [0.2, 0.25) is 0 Å². The van der Waals surface area contributed by atoms with Gasteiger partial charge < -0.3 is 0 Å². The van der Waals surface area contributed by atoms with E-state index < -0.39 is 0 Å². The van der Waals surface area contributed by atoms with Gasteiger partial charge in [-0.05, 0) is 13.0 Å². The molecular formula is C9H8N2. The van der Waals surface area contributed by atoms with Crippen LogP contribution in [0.1, 0.15) is 16.8 Å². The van der Waals surface area contributed by atoms with Crippen LogP contribution in [0.3, 0.4) is 0 Å². The molecule has 0 unspecified atom stereocenters. The van der Waals surface area contributed by atoms with Gasteiger partial charge in [0.25, 0.3) is 0 Å². The average Bonchev–Trinajstić information content (AvgIpc) is 2.34. The zero-order valence-electron chi connectivity index (χ0n) is 6.33. The molecule has 0 saturated heterocycles. The van der Waals surface area contributed by atoms with E-state index >= 15 is 0 Å². The van der Waals surface area contributed by atoms with Crippen LogP contribution in [0, 0.1) is 6.92 Å². The zero-order chi connectivity index (χ0) is 7.84. The normalized spacial score (nSPS) is 13.7. The summed E-state index contributed by atoms with van der Waals surface area (Å²) in [5, 5.41) is 0. The highest BCUT2D eigenvalue weighted by Crippen LogP contribution is 2.24.